The number of alkyl halides is 3. The van der Waals surface area contributed by atoms with Crippen molar-refractivity contribution in [1.29, 1.82) is 0 Å². The van der Waals surface area contributed by atoms with Gasteiger partial charge in [-0.3, -0.25) is 0 Å². The molecule has 1 heterocycles. The zero-order chi connectivity index (χ0) is 18.2. The average molecular weight is 353 g/mol. The van der Waals surface area contributed by atoms with Gasteiger partial charge < -0.3 is 19.9 Å². The number of hydrogen-bond acceptors (Lipinski definition) is 5. The fourth-order valence-corrected chi connectivity index (χ4v) is 2.80. The van der Waals surface area contributed by atoms with Gasteiger partial charge in [-0.1, -0.05) is 12.1 Å². The van der Waals surface area contributed by atoms with Crippen LogP contribution in [0.2, 0.25) is 0 Å². The van der Waals surface area contributed by atoms with Crippen molar-refractivity contribution in [3.8, 4) is 22.6 Å². The summed E-state index contributed by atoms with van der Waals surface area (Å²) in [5.74, 6) is -0.396. The quantitative estimate of drug-likeness (QED) is 0.675. The van der Waals surface area contributed by atoms with E-state index >= 15 is 0 Å². The summed E-state index contributed by atoms with van der Waals surface area (Å²) in [5, 5.41) is 0. The van der Waals surface area contributed by atoms with Crippen molar-refractivity contribution in [2.75, 3.05) is 19.5 Å². The number of methoxy groups -OCH3 is 1. The van der Waals surface area contributed by atoms with Crippen LogP contribution in [0.3, 0.4) is 0 Å². The van der Waals surface area contributed by atoms with Crippen molar-refractivity contribution < 1.29 is 32.2 Å². The first-order chi connectivity index (χ1) is 11.8. The summed E-state index contributed by atoms with van der Waals surface area (Å²) < 4.78 is 51.0. The molecule has 0 atom stereocenters. The van der Waals surface area contributed by atoms with Crippen LogP contribution >= 0.6 is 0 Å². The molecule has 0 unspecified atom stereocenters. The highest BCUT2D eigenvalue weighted by Crippen LogP contribution is 2.42. The Morgan fingerprint density at radius 2 is 1.92 bits per heavy atom. The lowest BCUT2D eigenvalue weighted by atomic mass is 9.95. The van der Waals surface area contributed by atoms with E-state index in [0.717, 1.165) is 0 Å². The maximum atomic E-state index is 12.2. The number of esters is 1. The molecule has 5 nitrogen and oxygen atoms in total. The summed E-state index contributed by atoms with van der Waals surface area (Å²) in [6.45, 7) is 0.380. The minimum absolute atomic E-state index is 0.224. The topological polar surface area (TPSA) is 70.8 Å². The standard InChI is InChI=1S/C17H14F3NO4/c1-23-16(22)14-11-6-7-24-15(11)12(8-13(14)21)9-2-4-10(5-3-9)25-17(18,19)20/h2-5,8H,6-7,21H2,1H3. The van der Waals surface area contributed by atoms with Crippen LogP contribution in [0.5, 0.6) is 11.5 Å². The van der Waals surface area contributed by atoms with Gasteiger partial charge in [-0.05, 0) is 23.8 Å². The number of carbonyl (C=O) groups excluding carboxylic acids is 1. The van der Waals surface area contributed by atoms with Crippen molar-refractivity contribution in [2.24, 2.45) is 0 Å². The van der Waals surface area contributed by atoms with Gasteiger partial charge in [-0.25, -0.2) is 4.79 Å². The molecule has 0 amide bonds. The number of halogens is 3. The lowest BCUT2D eigenvalue weighted by Crippen LogP contribution is -2.16. The zero-order valence-corrected chi connectivity index (χ0v) is 13.1. The molecule has 132 valence electrons. The third-order valence-electron chi connectivity index (χ3n) is 3.80. The maximum Gasteiger partial charge on any atom is 0.573 e. The van der Waals surface area contributed by atoms with E-state index in [1.165, 1.54) is 31.4 Å². The smallest absolute Gasteiger partial charge is 0.492 e. The van der Waals surface area contributed by atoms with E-state index in [-0.39, 0.29) is 17.0 Å². The maximum absolute atomic E-state index is 12.2. The van der Waals surface area contributed by atoms with Crippen LogP contribution in [0.1, 0.15) is 15.9 Å². The summed E-state index contributed by atoms with van der Waals surface area (Å²) >= 11 is 0. The van der Waals surface area contributed by atoms with Crippen LogP contribution in [0.25, 0.3) is 11.1 Å². The van der Waals surface area contributed by atoms with Crippen LogP contribution in [0.15, 0.2) is 30.3 Å². The molecule has 1 aliphatic rings. The predicted molar refractivity (Wildman–Crippen MR) is 83.5 cm³/mol. The molecular formula is C17H14F3NO4. The second-order valence-electron chi connectivity index (χ2n) is 5.36. The summed E-state index contributed by atoms with van der Waals surface area (Å²) in [6.07, 6.45) is -4.26. The second kappa shape index (κ2) is 6.19. The van der Waals surface area contributed by atoms with Gasteiger partial charge in [0, 0.05) is 23.2 Å². The Bertz CT molecular complexity index is 816. The van der Waals surface area contributed by atoms with E-state index < -0.39 is 12.3 Å². The summed E-state index contributed by atoms with van der Waals surface area (Å²) in [5.41, 5.74) is 8.30. The first kappa shape index (κ1) is 16.9. The van der Waals surface area contributed by atoms with E-state index in [4.69, 9.17) is 15.2 Å². The van der Waals surface area contributed by atoms with Crippen molar-refractivity contribution in [3.63, 3.8) is 0 Å². The number of rotatable bonds is 3. The molecular weight excluding hydrogens is 339 g/mol. The van der Waals surface area contributed by atoms with Crippen molar-refractivity contribution in [3.05, 3.63) is 41.5 Å². The summed E-state index contributed by atoms with van der Waals surface area (Å²) in [6, 6.07) is 6.89. The van der Waals surface area contributed by atoms with Gasteiger partial charge in [0.2, 0.25) is 0 Å². The van der Waals surface area contributed by atoms with Crippen LogP contribution < -0.4 is 15.2 Å². The Morgan fingerprint density at radius 1 is 1.24 bits per heavy atom. The highest BCUT2D eigenvalue weighted by atomic mass is 19.4. The molecule has 8 heteroatoms. The van der Waals surface area contributed by atoms with Crippen molar-refractivity contribution >= 4 is 11.7 Å². The van der Waals surface area contributed by atoms with E-state index in [0.29, 0.717) is 35.5 Å². The predicted octanol–water partition coefficient (Wildman–Crippen LogP) is 3.56. The fourth-order valence-electron chi connectivity index (χ4n) is 2.80. The molecule has 0 saturated carbocycles. The number of fused-ring (bicyclic) bond motifs is 1. The zero-order valence-electron chi connectivity index (χ0n) is 13.1. The second-order valence-corrected chi connectivity index (χ2v) is 5.36. The largest absolute Gasteiger partial charge is 0.573 e. The van der Waals surface area contributed by atoms with E-state index in [2.05, 4.69) is 4.74 Å². The fraction of sp³-hybridized carbons (Fsp3) is 0.235. The minimum atomic E-state index is -4.75. The lowest BCUT2D eigenvalue weighted by molar-refractivity contribution is -0.274. The molecule has 3 rings (SSSR count). The molecule has 0 fully saturated rings. The number of hydrogen-bond donors (Lipinski definition) is 1. The monoisotopic (exact) mass is 353 g/mol. The molecule has 0 aliphatic carbocycles. The van der Waals surface area contributed by atoms with Crippen LogP contribution in [-0.4, -0.2) is 26.0 Å². The van der Waals surface area contributed by atoms with E-state index in [1.807, 2.05) is 0 Å². The van der Waals surface area contributed by atoms with Crippen molar-refractivity contribution in [2.45, 2.75) is 12.8 Å². The molecule has 25 heavy (non-hydrogen) atoms. The number of benzene rings is 2. The Labute approximate surface area is 141 Å². The Kier molecular flexibility index (Phi) is 4.20. The molecule has 2 aromatic rings. The lowest BCUT2D eigenvalue weighted by Gasteiger charge is -2.14. The molecule has 0 radical (unpaired) electrons. The van der Waals surface area contributed by atoms with Crippen LogP contribution in [0, 0.1) is 0 Å². The molecule has 2 aromatic carbocycles. The SMILES string of the molecule is COC(=O)c1c(N)cc(-c2ccc(OC(F)(F)F)cc2)c2c1CCO2. The normalized spacial score (nSPS) is 13.1. The molecule has 1 aliphatic heterocycles. The number of ether oxygens (including phenoxy) is 3. The van der Waals surface area contributed by atoms with Crippen molar-refractivity contribution in [1.82, 2.24) is 0 Å². The molecule has 0 spiro atoms. The molecule has 2 N–H and O–H groups in total. The Balaban J connectivity index is 2.03. The number of nitrogens with two attached hydrogens (primary N) is 1. The van der Waals surface area contributed by atoms with Gasteiger partial charge in [0.05, 0.1) is 19.3 Å². The van der Waals surface area contributed by atoms with Gasteiger partial charge in [-0.2, -0.15) is 0 Å². The first-order valence-electron chi connectivity index (χ1n) is 7.33. The number of nitrogen functional groups attached to an aromatic ring is 1. The summed E-state index contributed by atoms with van der Waals surface area (Å²) in [4.78, 5) is 11.9. The van der Waals surface area contributed by atoms with Crippen LogP contribution in [0.4, 0.5) is 18.9 Å². The minimum Gasteiger partial charge on any atom is -0.492 e. The van der Waals surface area contributed by atoms with Gasteiger partial charge in [0.15, 0.2) is 0 Å². The average Bonchev–Trinajstić information content (AvgIpc) is 3.02. The molecule has 0 bridgehead atoms. The third kappa shape index (κ3) is 3.33. The highest BCUT2D eigenvalue weighted by Gasteiger charge is 2.31. The molecule has 0 saturated heterocycles. The highest BCUT2D eigenvalue weighted by molar-refractivity contribution is 6.00. The van der Waals surface area contributed by atoms with E-state index in [9.17, 15) is 18.0 Å². The first-order valence-corrected chi connectivity index (χ1v) is 7.33. The van der Waals surface area contributed by atoms with Gasteiger partial charge >= 0.3 is 12.3 Å². The third-order valence-corrected chi connectivity index (χ3v) is 3.80. The van der Waals surface area contributed by atoms with Crippen LogP contribution in [-0.2, 0) is 11.2 Å². The van der Waals surface area contributed by atoms with Gasteiger partial charge in [-0.15, -0.1) is 13.2 Å². The molecule has 0 aromatic heterocycles. The Hall–Kier alpha value is -2.90. The Morgan fingerprint density at radius 3 is 2.52 bits per heavy atom. The summed E-state index contributed by atoms with van der Waals surface area (Å²) in [7, 11) is 1.26. The number of carbonyl (C=O) groups is 1. The number of anilines is 1. The van der Waals surface area contributed by atoms with E-state index in [1.54, 1.807) is 6.07 Å². The van der Waals surface area contributed by atoms with Gasteiger partial charge in [0.25, 0.3) is 0 Å². The van der Waals surface area contributed by atoms with Gasteiger partial charge in [0.1, 0.15) is 11.5 Å².